The number of nitrogens with zero attached hydrogens (tertiary/aromatic N) is 3. The van der Waals surface area contributed by atoms with Gasteiger partial charge in [-0.15, -0.1) is 0 Å². The lowest BCUT2D eigenvalue weighted by molar-refractivity contribution is -0.389. The molecule has 1 aromatic carbocycles. The van der Waals surface area contributed by atoms with Crippen LogP contribution in [0, 0.1) is 10.1 Å². The Hall–Kier alpha value is -2.75. The monoisotopic (exact) mass is 368 g/mol. The first-order valence-electron chi connectivity index (χ1n) is 8.11. The number of imidazole rings is 1. The summed E-state index contributed by atoms with van der Waals surface area (Å²) < 4.78 is 36.0. The minimum Gasteiger partial charge on any atom is -0.441 e. The molecule has 8 nitrogen and oxygen atoms in total. The molecule has 0 fully saturated rings. The van der Waals surface area contributed by atoms with E-state index in [0.717, 1.165) is 5.56 Å². The first kappa shape index (κ1) is 18.1. The zero-order valence-electron chi connectivity index (χ0n) is 14.0. The van der Waals surface area contributed by atoms with Gasteiger partial charge in [0.05, 0.1) is 6.04 Å². The molecule has 3 rings (SSSR count). The Kier molecular flexibility index (Phi) is 5.31. The third-order valence-corrected chi connectivity index (χ3v) is 4.13. The van der Waals surface area contributed by atoms with Gasteiger partial charge in [0.1, 0.15) is 18.1 Å². The number of rotatable bonds is 7. The SMILES string of the molecule is CC[C@H]1Oc2nc([N+](=O)[O-])cn2C[C@@H]1NCc1ccc(OC(F)F)cc1. The zero-order valence-corrected chi connectivity index (χ0v) is 14.0. The molecule has 26 heavy (non-hydrogen) atoms. The molecule has 0 saturated heterocycles. The predicted octanol–water partition coefficient (Wildman–Crippen LogP) is 2.72. The molecule has 1 aromatic heterocycles. The Morgan fingerprint density at radius 1 is 1.46 bits per heavy atom. The maximum Gasteiger partial charge on any atom is 0.414 e. The molecule has 2 atom stereocenters. The first-order chi connectivity index (χ1) is 12.5. The van der Waals surface area contributed by atoms with E-state index in [1.54, 1.807) is 16.7 Å². The van der Waals surface area contributed by atoms with Crippen molar-refractivity contribution in [2.24, 2.45) is 0 Å². The van der Waals surface area contributed by atoms with E-state index in [1.165, 1.54) is 18.3 Å². The molecule has 2 aromatic rings. The van der Waals surface area contributed by atoms with Gasteiger partial charge in [0, 0.05) is 18.1 Å². The molecule has 140 valence electrons. The van der Waals surface area contributed by atoms with Gasteiger partial charge in [0.25, 0.3) is 0 Å². The summed E-state index contributed by atoms with van der Waals surface area (Å²) in [5, 5.41) is 14.2. The summed E-state index contributed by atoms with van der Waals surface area (Å²) in [7, 11) is 0. The number of fused-ring (bicyclic) bond motifs is 1. The van der Waals surface area contributed by atoms with Gasteiger partial charge >= 0.3 is 18.4 Å². The van der Waals surface area contributed by atoms with Crippen LogP contribution in [-0.2, 0) is 13.1 Å². The van der Waals surface area contributed by atoms with Crippen LogP contribution in [0.4, 0.5) is 14.6 Å². The molecule has 10 heteroatoms. The summed E-state index contributed by atoms with van der Waals surface area (Å²) >= 11 is 0. The maximum absolute atomic E-state index is 12.2. The van der Waals surface area contributed by atoms with Crippen molar-refractivity contribution < 1.29 is 23.2 Å². The van der Waals surface area contributed by atoms with Gasteiger partial charge in [-0.3, -0.25) is 4.57 Å². The molecule has 0 unspecified atom stereocenters. The molecule has 0 saturated carbocycles. The van der Waals surface area contributed by atoms with Crippen molar-refractivity contribution in [1.82, 2.24) is 14.9 Å². The molecular formula is C16H18F2N4O4. The lowest BCUT2D eigenvalue weighted by atomic mass is 10.1. The molecule has 0 aliphatic carbocycles. The second-order valence-corrected chi connectivity index (χ2v) is 5.87. The Balaban J connectivity index is 1.64. The third-order valence-electron chi connectivity index (χ3n) is 4.13. The summed E-state index contributed by atoms with van der Waals surface area (Å²) in [6.45, 7) is 0.0903. The van der Waals surface area contributed by atoms with Crippen molar-refractivity contribution in [2.75, 3.05) is 0 Å². The van der Waals surface area contributed by atoms with Gasteiger partial charge in [-0.25, -0.2) is 0 Å². The Morgan fingerprint density at radius 3 is 2.81 bits per heavy atom. The highest BCUT2D eigenvalue weighted by atomic mass is 19.3. The molecule has 1 aliphatic rings. The van der Waals surface area contributed by atoms with Gasteiger partial charge < -0.3 is 24.9 Å². The van der Waals surface area contributed by atoms with Crippen LogP contribution in [-0.4, -0.2) is 33.2 Å². The summed E-state index contributed by atoms with van der Waals surface area (Å²) in [4.78, 5) is 14.2. The first-order valence-corrected chi connectivity index (χ1v) is 8.11. The van der Waals surface area contributed by atoms with Crippen LogP contribution in [0.1, 0.15) is 18.9 Å². The van der Waals surface area contributed by atoms with Crippen LogP contribution in [0.25, 0.3) is 0 Å². The molecule has 1 N–H and O–H groups in total. The number of alkyl halides is 2. The second kappa shape index (κ2) is 7.65. The normalized spacial score (nSPS) is 19.1. The molecule has 1 aliphatic heterocycles. The molecule has 0 spiro atoms. The van der Waals surface area contributed by atoms with Crippen molar-refractivity contribution in [3.8, 4) is 11.8 Å². The highest BCUT2D eigenvalue weighted by Gasteiger charge is 2.33. The lowest BCUT2D eigenvalue weighted by Gasteiger charge is -2.31. The Morgan fingerprint density at radius 2 is 2.19 bits per heavy atom. The van der Waals surface area contributed by atoms with Gasteiger partial charge in [-0.1, -0.05) is 19.1 Å². The minimum absolute atomic E-state index is 0.0710. The van der Waals surface area contributed by atoms with Gasteiger partial charge in [0.15, 0.2) is 0 Å². The van der Waals surface area contributed by atoms with E-state index >= 15 is 0 Å². The Labute approximate surface area is 147 Å². The van der Waals surface area contributed by atoms with E-state index in [2.05, 4.69) is 15.0 Å². The number of aromatic nitrogens is 2. The van der Waals surface area contributed by atoms with Gasteiger partial charge in [-0.05, 0) is 29.0 Å². The van der Waals surface area contributed by atoms with E-state index in [0.29, 0.717) is 19.5 Å². The van der Waals surface area contributed by atoms with Crippen molar-refractivity contribution >= 4 is 5.82 Å². The highest BCUT2D eigenvalue weighted by Crippen LogP contribution is 2.26. The van der Waals surface area contributed by atoms with Crippen LogP contribution in [0.5, 0.6) is 11.8 Å². The second-order valence-electron chi connectivity index (χ2n) is 5.87. The fourth-order valence-electron chi connectivity index (χ4n) is 2.85. The number of nitro groups is 1. The van der Waals surface area contributed by atoms with Crippen LogP contribution in [0.15, 0.2) is 30.5 Å². The fourth-order valence-corrected chi connectivity index (χ4v) is 2.85. The van der Waals surface area contributed by atoms with E-state index in [1.807, 2.05) is 6.92 Å². The van der Waals surface area contributed by atoms with Crippen molar-refractivity contribution in [1.29, 1.82) is 0 Å². The van der Waals surface area contributed by atoms with Crippen molar-refractivity contribution in [2.45, 2.75) is 45.2 Å². The predicted molar refractivity (Wildman–Crippen MR) is 87.3 cm³/mol. The molecule has 0 bridgehead atoms. The topological polar surface area (TPSA) is 91.5 Å². The summed E-state index contributed by atoms with van der Waals surface area (Å²) in [5.41, 5.74) is 0.892. The van der Waals surface area contributed by atoms with Gasteiger partial charge in [0.2, 0.25) is 0 Å². The molecular weight excluding hydrogens is 350 g/mol. The quantitative estimate of drug-likeness (QED) is 0.597. The van der Waals surface area contributed by atoms with E-state index in [-0.39, 0.29) is 29.7 Å². The number of ether oxygens (including phenoxy) is 2. The molecule has 2 heterocycles. The third kappa shape index (κ3) is 4.07. The number of hydrogen-bond donors (Lipinski definition) is 1. The van der Waals surface area contributed by atoms with Crippen molar-refractivity contribution in [3.05, 3.63) is 46.1 Å². The van der Waals surface area contributed by atoms with E-state index < -0.39 is 11.5 Å². The summed E-state index contributed by atoms with van der Waals surface area (Å²) in [6.07, 6.45) is 1.89. The van der Waals surface area contributed by atoms with Crippen LogP contribution in [0.3, 0.4) is 0 Å². The number of halogens is 2. The van der Waals surface area contributed by atoms with Crippen LogP contribution < -0.4 is 14.8 Å². The number of benzene rings is 1. The smallest absolute Gasteiger partial charge is 0.414 e. The summed E-state index contributed by atoms with van der Waals surface area (Å²) in [6, 6.07) is 6.53. The average Bonchev–Trinajstić information content (AvgIpc) is 3.03. The van der Waals surface area contributed by atoms with E-state index in [9.17, 15) is 18.9 Å². The van der Waals surface area contributed by atoms with Gasteiger partial charge in [-0.2, -0.15) is 8.78 Å². The molecule has 0 amide bonds. The van der Waals surface area contributed by atoms with Crippen molar-refractivity contribution in [3.63, 3.8) is 0 Å². The van der Waals surface area contributed by atoms with Crippen LogP contribution in [0.2, 0.25) is 0 Å². The maximum atomic E-state index is 12.2. The average molecular weight is 368 g/mol. The minimum atomic E-state index is -2.85. The largest absolute Gasteiger partial charge is 0.441 e. The van der Waals surface area contributed by atoms with E-state index in [4.69, 9.17) is 4.74 Å². The lowest BCUT2D eigenvalue weighted by Crippen LogP contribution is -2.48. The highest BCUT2D eigenvalue weighted by molar-refractivity contribution is 5.27. The number of nitrogens with one attached hydrogen (secondary N) is 1. The molecule has 0 radical (unpaired) electrons. The Bertz CT molecular complexity index is 766. The number of hydrogen-bond acceptors (Lipinski definition) is 6. The van der Waals surface area contributed by atoms with Crippen LogP contribution >= 0.6 is 0 Å². The summed E-state index contributed by atoms with van der Waals surface area (Å²) in [5.74, 6) is -0.142. The standard InChI is InChI=1S/C16H18F2N4O4/c1-2-13-12(8-21-9-14(22(23)24)20-16(21)26-13)19-7-10-3-5-11(6-4-10)25-15(17)18/h3-6,9,12-13,15,19H,2,7-8H2,1H3/t12-,13+/m0/s1. The fraction of sp³-hybridized carbons (Fsp3) is 0.438. The zero-order chi connectivity index (χ0) is 18.7.